The summed E-state index contributed by atoms with van der Waals surface area (Å²) in [7, 11) is 0. The second kappa shape index (κ2) is 4.58. The van der Waals surface area contributed by atoms with Gasteiger partial charge in [0, 0.05) is 29.7 Å². The van der Waals surface area contributed by atoms with Crippen molar-refractivity contribution >= 4 is 28.4 Å². The average molecular weight is 261 g/mol. The number of amides is 1. The van der Waals surface area contributed by atoms with Crippen LogP contribution in [0.5, 0.6) is 0 Å². The number of carbonyl (C=O) groups is 1. The number of rotatable bonds is 1. The molecule has 0 N–H and O–H groups in total. The number of likely N-dealkylation sites (tertiary alicyclic amines) is 1. The Kier molecular flexibility index (Phi) is 2.92. The smallest absolute Gasteiger partial charge is 0.255 e. The Labute approximate surface area is 110 Å². The predicted molar refractivity (Wildman–Crippen MR) is 71.9 cm³/mol. The Bertz CT molecular complexity index is 606. The van der Waals surface area contributed by atoms with E-state index < -0.39 is 0 Å². The minimum atomic E-state index is 0.0712. The van der Waals surface area contributed by atoms with E-state index in [-0.39, 0.29) is 5.91 Å². The number of aromatic nitrogens is 1. The van der Waals surface area contributed by atoms with Crippen LogP contribution in [0.25, 0.3) is 10.9 Å². The fourth-order valence-corrected chi connectivity index (χ4v) is 2.50. The van der Waals surface area contributed by atoms with E-state index in [0.29, 0.717) is 10.6 Å². The third-order valence-corrected chi connectivity index (χ3v) is 3.52. The monoisotopic (exact) mass is 260 g/mol. The lowest BCUT2D eigenvalue weighted by Crippen LogP contribution is -2.27. The second-order valence-corrected chi connectivity index (χ2v) is 5.00. The van der Waals surface area contributed by atoms with Gasteiger partial charge < -0.3 is 4.90 Å². The molecule has 1 fully saturated rings. The van der Waals surface area contributed by atoms with Gasteiger partial charge in [-0.05, 0) is 37.1 Å². The topological polar surface area (TPSA) is 33.2 Å². The van der Waals surface area contributed by atoms with Crippen LogP contribution < -0.4 is 0 Å². The van der Waals surface area contributed by atoms with E-state index in [0.717, 1.165) is 36.8 Å². The molecule has 1 saturated heterocycles. The van der Waals surface area contributed by atoms with E-state index in [1.165, 1.54) is 0 Å². The van der Waals surface area contributed by atoms with E-state index in [1.807, 2.05) is 23.1 Å². The van der Waals surface area contributed by atoms with Crippen molar-refractivity contribution in [3.63, 3.8) is 0 Å². The Morgan fingerprint density at radius 2 is 2.00 bits per heavy atom. The van der Waals surface area contributed by atoms with Crippen LogP contribution in [-0.4, -0.2) is 28.9 Å². The van der Waals surface area contributed by atoms with Crippen molar-refractivity contribution in [1.82, 2.24) is 9.88 Å². The van der Waals surface area contributed by atoms with Crippen LogP contribution in [0.15, 0.2) is 30.5 Å². The number of pyridine rings is 1. The third kappa shape index (κ3) is 2.06. The van der Waals surface area contributed by atoms with Crippen LogP contribution in [-0.2, 0) is 0 Å². The van der Waals surface area contributed by atoms with E-state index in [9.17, 15) is 4.79 Å². The Morgan fingerprint density at radius 3 is 2.78 bits per heavy atom. The molecule has 18 heavy (non-hydrogen) atoms. The highest BCUT2D eigenvalue weighted by Gasteiger charge is 2.19. The molecule has 3 rings (SSSR count). The molecule has 0 unspecified atom stereocenters. The van der Waals surface area contributed by atoms with Gasteiger partial charge in [-0.15, -0.1) is 0 Å². The van der Waals surface area contributed by atoms with Gasteiger partial charge >= 0.3 is 0 Å². The molecule has 92 valence electrons. The molecular formula is C14H13ClN2O. The van der Waals surface area contributed by atoms with E-state index in [1.54, 1.807) is 12.3 Å². The lowest BCUT2D eigenvalue weighted by molar-refractivity contribution is 0.0792. The maximum absolute atomic E-state index is 12.2. The summed E-state index contributed by atoms with van der Waals surface area (Å²) in [5.41, 5.74) is 1.50. The van der Waals surface area contributed by atoms with Crippen molar-refractivity contribution in [3.05, 3.63) is 41.0 Å². The number of benzene rings is 1. The summed E-state index contributed by atoms with van der Waals surface area (Å²) in [4.78, 5) is 18.4. The van der Waals surface area contributed by atoms with Crippen LogP contribution in [0.4, 0.5) is 0 Å². The zero-order valence-corrected chi connectivity index (χ0v) is 10.7. The van der Waals surface area contributed by atoms with Gasteiger partial charge in [0.1, 0.15) is 0 Å². The summed E-state index contributed by atoms with van der Waals surface area (Å²) in [6.45, 7) is 1.71. The summed E-state index contributed by atoms with van der Waals surface area (Å²) in [5, 5.41) is 1.57. The van der Waals surface area contributed by atoms with E-state index in [4.69, 9.17) is 11.6 Å². The summed E-state index contributed by atoms with van der Waals surface area (Å²) >= 11 is 5.95. The zero-order chi connectivity index (χ0) is 12.5. The van der Waals surface area contributed by atoms with Crippen molar-refractivity contribution in [1.29, 1.82) is 0 Å². The molecule has 4 heteroatoms. The highest BCUT2D eigenvalue weighted by Crippen LogP contribution is 2.20. The molecule has 0 saturated carbocycles. The van der Waals surface area contributed by atoms with Crippen LogP contribution in [0.2, 0.25) is 5.02 Å². The first-order chi connectivity index (χ1) is 8.74. The summed E-state index contributed by atoms with van der Waals surface area (Å²) in [5.74, 6) is 0.0712. The number of hydrogen-bond acceptors (Lipinski definition) is 2. The zero-order valence-electron chi connectivity index (χ0n) is 9.90. The molecule has 2 heterocycles. The number of nitrogens with zero attached hydrogens (tertiary/aromatic N) is 2. The SMILES string of the molecule is O=C(c1cnc2ccc(Cl)cc2c1)N1CCCC1. The first kappa shape index (κ1) is 11.5. The Morgan fingerprint density at radius 1 is 1.22 bits per heavy atom. The molecule has 0 spiro atoms. The van der Waals surface area contributed by atoms with Gasteiger partial charge in [-0.1, -0.05) is 11.6 Å². The molecule has 1 aromatic carbocycles. The van der Waals surface area contributed by atoms with Crippen LogP contribution in [0.3, 0.4) is 0 Å². The number of carbonyl (C=O) groups excluding carboxylic acids is 1. The average Bonchev–Trinajstić information content (AvgIpc) is 2.90. The molecule has 1 aromatic heterocycles. The Balaban J connectivity index is 1.99. The quantitative estimate of drug-likeness (QED) is 0.789. The first-order valence-corrected chi connectivity index (χ1v) is 6.46. The highest BCUT2D eigenvalue weighted by atomic mass is 35.5. The summed E-state index contributed by atoms with van der Waals surface area (Å²) in [6, 6.07) is 7.38. The minimum absolute atomic E-state index is 0.0712. The number of hydrogen-bond donors (Lipinski definition) is 0. The van der Waals surface area contributed by atoms with Crippen molar-refractivity contribution in [2.75, 3.05) is 13.1 Å². The van der Waals surface area contributed by atoms with Gasteiger partial charge in [0.2, 0.25) is 0 Å². The Hall–Kier alpha value is -1.61. The number of halogens is 1. The molecule has 1 aliphatic rings. The van der Waals surface area contributed by atoms with E-state index >= 15 is 0 Å². The number of fused-ring (bicyclic) bond motifs is 1. The summed E-state index contributed by atoms with van der Waals surface area (Å²) in [6.07, 6.45) is 3.84. The fraction of sp³-hybridized carbons (Fsp3) is 0.286. The highest BCUT2D eigenvalue weighted by molar-refractivity contribution is 6.31. The van der Waals surface area contributed by atoms with Gasteiger partial charge in [0.25, 0.3) is 5.91 Å². The fourth-order valence-electron chi connectivity index (χ4n) is 2.32. The predicted octanol–water partition coefficient (Wildman–Crippen LogP) is 3.12. The van der Waals surface area contributed by atoms with Crippen LogP contribution >= 0.6 is 11.6 Å². The molecule has 0 aliphatic carbocycles. The van der Waals surface area contributed by atoms with Gasteiger partial charge in [-0.3, -0.25) is 9.78 Å². The van der Waals surface area contributed by atoms with Gasteiger partial charge in [-0.2, -0.15) is 0 Å². The van der Waals surface area contributed by atoms with Gasteiger partial charge in [-0.25, -0.2) is 0 Å². The first-order valence-electron chi connectivity index (χ1n) is 6.09. The molecule has 0 atom stereocenters. The van der Waals surface area contributed by atoms with Crippen molar-refractivity contribution in [3.8, 4) is 0 Å². The normalized spacial score (nSPS) is 15.3. The lowest BCUT2D eigenvalue weighted by atomic mass is 10.1. The van der Waals surface area contributed by atoms with Crippen molar-refractivity contribution in [2.45, 2.75) is 12.8 Å². The largest absolute Gasteiger partial charge is 0.339 e. The molecule has 0 radical (unpaired) electrons. The van der Waals surface area contributed by atoms with Gasteiger partial charge in [0.15, 0.2) is 0 Å². The van der Waals surface area contributed by atoms with E-state index in [2.05, 4.69) is 4.98 Å². The maximum atomic E-state index is 12.2. The van der Waals surface area contributed by atoms with Crippen molar-refractivity contribution in [2.24, 2.45) is 0 Å². The molecule has 1 amide bonds. The van der Waals surface area contributed by atoms with Crippen molar-refractivity contribution < 1.29 is 4.79 Å². The maximum Gasteiger partial charge on any atom is 0.255 e. The molecule has 0 bridgehead atoms. The van der Waals surface area contributed by atoms with Gasteiger partial charge in [0.05, 0.1) is 11.1 Å². The minimum Gasteiger partial charge on any atom is -0.339 e. The standard InChI is InChI=1S/C14H13ClN2O/c15-12-3-4-13-10(8-12)7-11(9-16-13)14(18)17-5-1-2-6-17/h3-4,7-9H,1-2,5-6H2. The molecule has 3 nitrogen and oxygen atoms in total. The van der Waals surface area contributed by atoms with Crippen LogP contribution in [0, 0.1) is 0 Å². The molecule has 1 aliphatic heterocycles. The third-order valence-electron chi connectivity index (χ3n) is 3.28. The lowest BCUT2D eigenvalue weighted by Gasteiger charge is -2.15. The molecular weight excluding hydrogens is 248 g/mol. The summed E-state index contributed by atoms with van der Waals surface area (Å²) < 4.78 is 0. The second-order valence-electron chi connectivity index (χ2n) is 4.56. The molecule has 2 aromatic rings. The van der Waals surface area contributed by atoms with Crippen LogP contribution in [0.1, 0.15) is 23.2 Å².